The summed E-state index contributed by atoms with van der Waals surface area (Å²) in [6.07, 6.45) is 0. The number of benzene rings is 8. The average molecular weight is 1670 g/mol. The Balaban J connectivity index is 0.0000000929. The fourth-order valence-corrected chi connectivity index (χ4v) is 33.5. The van der Waals surface area contributed by atoms with Gasteiger partial charge in [-0.3, -0.25) is 0 Å². The maximum Gasteiger partial charge on any atom is 0.0651 e. The van der Waals surface area contributed by atoms with E-state index in [1.54, 1.807) is 0 Å². The van der Waals surface area contributed by atoms with Crippen molar-refractivity contribution in [2.24, 2.45) is 0 Å². The van der Waals surface area contributed by atoms with Crippen molar-refractivity contribution in [1.29, 1.82) is 0 Å². The SMILES string of the molecule is CC#CC1=c2sc3c(c2-c2ccccc21)-c1ccccc1C=3C#CC.CC#CC1=c2sc3c(sc4c5c(sc43)=C(C#CC)c3ccccc3-5)c2-c2ccccc21.CC#CC1=c2sc3c(sc4c5sc6c(c5sc34)-c3ccccc3C=6C#CC)c2-c2ccccc21.CC#CC1=c2sc3c4c(sc3c2-c2ccccc21)=C(C#CC)c1ccccc1-4. The Hall–Kier alpha value is -12.2. The van der Waals surface area contributed by atoms with Crippen LogP contribution in [0.5, 0.6) is 0 Å². The lowest BCUT2D eigenvalue weighted by Crippen LogP contribution is -1.99. The molecule has 0 bridgehead atoms. The molecule has 0 radical (unpaired) electrons. The van der Waals surface area contributed by atoms with E-state index in [9.17, 15) is 0 Å². The van der Waals surface area contributed by atoms with Gasteiger partial charge in [0.05, 0.1) is 137 Å². The van der Waals surface area contributed by atoms with Gasteiger partial charge in [-0.1, -0.05) is 241 Å². The van der Waals surface area contributed by atoms with E-state index >= 15 is 0 Å². The predicted octanol–water partition coefficient (Wildman–Crippen LogP) is 23.9. The van der Waals surface area contributed by atoms with Gasteiger partial charge >= 0.3 is 0 Å². The van der Waals surface area contributed by atoms with Crippen LogP contribution in [0.1, 0.15) is 99.9 Å². The highest BCUT2D eigenvalue weighted by Gasteiger charge is 2.36. The fourth-order valence-electron chi connectivity index (χ4n) is 18.4. The number of hydrogen-bond acceptors (Lipinski definition) is 10. The minimum atomic E-state index is 1.16. The Morgan fingerprint density at radius 1 is 0.136 bits per heavy atom. The molecule has 26 rings (SSSR count). The van der Waals surface area contributed by atoms with Gasteiger partial charge in [0.15, 0.2) is 0 Å². The Morgan fingerprint density at radius 3 is 0.441 bits per heavy atom. The van der Waals surface area contributed by atoms with Crippen molar-refractivity contribution in [3.05, 3.63) is 275 Å². The summed E-state index contributed by atoms with van der Waals surface area (Å²) in [7, 11) is 0. The summed E-state index contributed by atoms with van der Waals surface area (Å²) in [5, 5.41) is 0. The Labute approximate surface area is 721 Å². The topological polar surface area (TPSA) is 0 Å². The van der Waals surface area contributed by atoms with Gasteiger partial charge in [0.1, 0.15) is 0 Å². The maximum absolute atomic E-state index is 3.41. The van der Waals surface area contributed by atoms with Gasteiger partial charge in [-0.05, 0) is 144 Å². The zero-order valence-electron chi connectivity index (χ0n) is 64.6. The first kappa shape index (κ1) is 71.1. The number of thiophene rings is 10. The lowest BCUT2D eigenvalue weighted by Gasteiger charge is -2.05. The minimum Gasteiger partial charge on any atom is -0.132 e. The normalized spacial score (nSPS) is 12.7. The second-order valence-corrected chi connectivity index (χ2v) is 39.2. The molecule has 548 valence electrons. The molecule has 8 aliphatic carbocycles. The summed E-state index contributed by atoms with van der Waals surface area (Å²) in [6.45, 7) is 15.4. The summed E-state index contributed by atoms with van der Waals surface area (Å²) in [6, 6.07) is 69.5. The third-order valence-electron chi connectivity index (χ3n) is 22.9. The molecule has 8 aromatic carbocycles. The standard InChI is InChI=1S/C30H14S4.C28H14S3.C26H14S2.C24H14S/c1-3-9-19-15-11-5-7-13-17(15)21-23(19)31-27-25(21)33-30-28-26(34-29(27)30)22-18-14-8-6-12-16(18)20(10-4-2)24(22)32-28;1-3-9-19-15-11-5-7-13-17(15)21-23(19)29-27-25(21)31-26-22-18-14-8-6-12-16(18)20(10-4-2)24(22)30-28(26)27;1-3-9-19-15-11-5-7-13-17(15)21-23(19)27-26-22-18-14-8-6-12-16(18)20(10-4-2)24(22)28-25(21)26;1-3-9-19-15-11-5-7-13-17(15)21-22-18-14-8-6-12-16(18)20(10-4-2)24(22)25-23(19)21/h5-8,11-14H,1-2H3;5-8,11-14H,1-2H3;5-8,11-14H,1-2H3;5-8,11-14H,1-2H3. The molecule has 0 saturated carbocycles. The van der Waals surface area contributed by atoms with Gasteiger partial charge in [0.25, 0.3) is 0 Å². The van der Waals surface area contributed by atoms with Gasteiger partial charge in [0.2, 0.25) is 0 Å². The van der Waals surface area contributed by atoms with Gasteiger partial charge in [0, 0.05) is 44.5 Å². The van der Waals surface area contributed by atoms with Gasteiger partial charge in [-0.2, -0.15) is 0 Å². The van der Waals surface area contributed by atoms with Crippen molar-refractivity contribution in [3.8, 4) is 184 Å². The summed E-state index contributed by atoms with van der Waals surface area (Å²) >= 11 is 19.2. The zero-order chi connectivity index (χ0) is 79.0. The highest BCUT2D eigenvalue weighted by atomic mass is 32.1. The lowest BCUT2D eigenvalue weighted by atomic mass is 9.97. The predicted molar refractivity (Wildman–Crippen MR) is 518 cm³/mol. The van der Waals surface area contributed by atoms with Crippen molar-refractivity contribution < 1.29 is 0 Å². The van der Waals surface area contributed by atoms with E-state index in [0.717, 1.165) is 11.1 Å². The highest BCUT2D eigenvalue weighted by molar-refractivity contribution is 7.45. The minimum absolute atomic E-state index is 1.16. The van der Waals surface area contributed by atoms with Crippen molar-refractivity contribution in [3.63, 3.8) is 0 Å². The molecule has 10 aromatic heterocycles. The molecule has 118 heavy (non-hydrogen) atoms. The molecule has 0 aliphatic heterocycles. The molecule has 10 heteroatoms. The van der Waals surface area contributed by atoms with E-state index in [0.29, 0.717) is 0 Å². The third-order valence-corrected chi connectivity index (χ3v) is 36.3. The largest absolute Gasteiger partial charge is 0.132 e. The maximum atomic E-state index is 3.41. The Kier molecular flexibility index (Phi) is 16.7. The molecule has 0 N–H and O–H groups in total. The van der Waals surface area contributed by atoms with Crippen LogP contribution in [-0.4, -0.2) is 0 Å². The molecule has 18 aromatic rings. The summed E-state index contributed by atoms with van der Waals surface area (Å²) in [4.78, 5) is 0. The van der Waals surface area contributed by atoms with E-state index in [4.69, 9.17) is 0 Å². The Bertz CT molecular complexity index is 8450. The first-order valence-corrected chi connectivity index (χ1v) is 46.9. The van der Waals surface area contributed by atoms with Crippen molar-refractivity contribution in [1.82, 2.24) is 0 Å². The van der Waals surface area contributed by atoms with E-state index in [1.165, 1.54) is 260 Å². The molecule has 0 atom stereocenters. The number of hydrogen-bond donors (Lipinski definition) is 0. The molecule has 0 nitrogen and oxygen atoms in total. The quantitative estimate of drug-likeness (QED) is 0.133. The molecule has 0 unspecified atom stereocenters. The first-order chi connectivity index (χ1) is 58.3. The zero-order valence-corrected chi connectivity index (χ0v) is 72.7. The van der Waals surface area contributed by atoms with Gasteiger partial charge in [-0.25, -0.2) is 0 Å². The lowest BCUT2D eigenvalue weighted by molar-refractivity contribution is 1.62. The average Bonchev–Trinajstić information content (AvgIpc) is 1.79. The van der Waals surface area contributed by atoms with E-state index < -0.39 is 0 Å². The van der Waals surface area contributed by atoms with Crippen LogP contribution < -0.4 is 36.3 Å². The number of fused-ring (bicyclic) bond motifs is 40. The van der Waals surface area contributed by atoms with Crippen LogP contribution in [0.15, 0.2) is 194 Å². The summed E-state index contributed by atoms with van der Waals surface area (Å²) in [5.41, 5.74) is 41.2. The monoisotopic (exact) mass is 1670 g/mol. The van der Waals surface area contributed by atoms with Crippen molar-refractivity contribution in [2.75, 3.05) is 0 Å². The van der Waals surface area contributed by atoms with E-state index in [2.05, 4.69) is 289 Å². The number of rotatable bonds is 0. The summed E-state index contributed by atoms with van der Waals surface area (Å²) < 4.78 is 27.6. The first-order valence-electron chi connectivity index (χ1n) is 38.7. The molecule has 0 fully saturated rings. The van der Waals surface area contributed by atoms with Crippen LogP contribution in [0.2, 0.25) is 0 Å². The van der Waals surface area contributed by atoms with Crippen LogP contribution in [-0.2, 0) is 0 Å². The van der Waals surface area contributed by atoms with Gasteiger partial charge < -0.3 is 0 Å². The van der Waals surface area contributed by atoms with Crippen molar-refractivity contribution >= 4 is 214 Å². The fraction of sp³-hybridized carbons (Fsp3) is 0.0741. The molecular formula is C108H56S10. The van der Waals surface area contributed by atoms with Crippen molar-refractivity contribution in [2.45, 2.75) is 55.4 Å². The van der Waals surface area contributed by atoms with Crippen LogP contribution in [0, 0.1) is 94.7 Å². The highest BCUT2D eigenvalue weighted by Crippen LogP contribution is 2.56. The second-order valence-electron chi connectivity index (χ2n) is 29.0. The molecule has 0 saturated heterocycles. The van der Waals surface area contributed by atoms with Crippen LogP contribution in [0.25, 0.3) is 190 Å². The van der Waals surface area contributed by atoms with Crippen LogP contribution >= 0.6 is 113 Å². The van der Waals surface area contributed by atoms with E-state index in [1.807, 2.05) is 169 Å². The smallest absolute Gasteiger partial charge is 0.0651 e. The van der Waals surface area contributed by atoms with Crippen LogP contribution in [0.3, 0.4) is 0 Å². The molecule has 0 spiro atoms. The van der Waals surface area contributed by atoms with Crippen LogP contribution in [0.4, 0.5) is 0 Å². The summed E-state index contributed by atoms with van der Waals surface area (Å²) in [5.74, 6) is 52.1. The van der Waals surface area contributed by atoms with Gasteiger partial charge in [-0.15, -0.1) is 161 Å². The van der Waals surface area contributed by atoms with E-state index in [-0.39, 0.29) is 0 Å². The molecule has 10 heterocycles. The molecule has 8 aliphatic rings. The molecule has 0 amide bonds. The molecular weight excluding hydrogens is 1620 g/mol. The third kappa shape index (κ3) is 9.95. The second kappa shape index (κ2) is 27.7. The Morgan fingerprint density at radius 2 is 0.263 bits per heavy atom.